The summed E-state index contributed by atoms with van der Waals surface area (Å²) in [6.07, 6.45) is 5.41. The van der Waals surface area contributed by atoms with Gasteiger partial charge in [-0.3, -0.25) is 14.4 Å². The fourth-order valence-electron chi connectivity index (χ4n) is 2.98. The Kier molecular flexibility index (Phi) is 5.80. The van der Waals surface area contributed by atoms with Crippen molar-refractivity contribution in [1.29, 1.82) is 0 Å². The van der Waals surface area contributed by atoms with Crippen molar-refractivity contribution in [3.63, 3.8) is 0 Å². The van der Waals surface area contributed by atoms with Crippen LogP contribution in [0.4, 0.5) is 17.1 Å². The van der Waals surface area contributed by atoms with E-state index in [0.717, 1.165) is 4.90 Å². The minimum atomic E-state index is -0.306. The number of anilines is 3. The first-order chi connectivity index (χ1) is 14.6. The van der Waals surface area contributed by atoms with Gasteiger partial charge in [0.25, 0.3) is 5.91 Å². The van der Waals surface area contributed by atoms with E-state index < -0.39 is 0 Å². The normalized spacial score (nSPS) is 12.6. The van der Waals surface area contributed by atoms with Crippen LogP contribution in [0.3, 0.4) is 0 Å². The molecule has 3 amide bonds. The van der Waals surface area contributed by atoms with Crippen LogP contribution >= 0.6 is 11.8 Å². The van der Waals surface area contributed by atoms with Crippen molar-refractivity contribution in [3.05, 3.63) is 66.7 Å². The molecule has 0 unspecified atom stereocenters. The zero-order valence-corrected chi connectivity index (χ0v) is 16.7. The number of thioether (sulfide) groups is 1. The molecule has 4 rings (SSSR count). The zero-order chi connectivity index (χ0) is 20.9. The molecule has 2 aromatic carbocycles. The van der Waals surface area contributed by atoms with Gasteiger partial charge < -0.3 is 20.5 Å². The number of carbonyl (C=O) groups excluding carboxylic acids is 3. The summed E-state index contributed by atoms with van der Waals surface area (Å²) in [4.78, 5) is 41.3. The molecule has 30 heavy (non-hydrogen) atoms. The third-order valence-electron chi connectivity index (χ3n) is 4.44. The van der Waals surface area contributed by atoms with Gasteiger partial charge in [-0.05, 0) is 36.4 Å². The van der Waals surface area contributed by atoms with E-state index in [4.69, 9.17) is 0 Å². The van der Waals surface area contributed by atoms with Crippen LogP contribution < -0.4 is 16.0 Å². The van der Waals surface area contributed by atoms with Crippen LogP contribution in [0.2, 0.25) is 0 Å². The number of nitrogens with zero attached hydrogens (tertiary/aromatic N) is 2. The van der Waals surface area contributed by atoms with Gasteiger partial charge in [-0.25, -0.2) is 4.98 Å². The van der Waals surface area contributed by atoms with E-state index in [-0.39, 0.29) is 17.7 Å². The molecule has 1 aliphatic rings. The topological polar surface area (TPSA) is 105 Å². The van der Waals surface area contributed by atoms with Crippen molar-refractivity contribution in [1.82, 2.24) is 9.55 Å². The molecule has 0 atom stereocenters. The number of carbonyl (C=O) groups is 3. The predicted molar refractivity (Wildman–Crippen MR) is 116 cm³/mol. The minimum Gasteiger partial charge on any atom is -0.337 e. The summed E-state index contributed by atoms with van der Waals surface area (Å²) in [7, 11) is 0. The second-order valence-corrected chi connectivity index (χ2v) is 7.70. The molecule has 1 aromatic heterocycles. The highest BCUT2D eigenvalue weighted by atomic mass is 32.2. The van der Waals surface area contributed by atoms with Crippen molar-refractivity contribution >= 4 is 46.5 Å². The van der Waals surface area contributed by atoms with E-state index in [0.29, 0.717) is 41.3 Å². The third-order valence-corrected chi connectivity index (χ3v) is 5.51. The van der Waals surface area contributed by atoms with Crippen molar-refractivity contribution in [2.75, 3.05) is 21.7 Å². The van der Waals surface area contributed by atoms with Crippen LogP contribution in [0.15, 0.2) is 66.1 Å². The molecule has 8 nitrogen and oxygen atoms in total. The lowest BCUT2D eigenvalue weighted by molar-refractivity contribution is -0.116. The molecule has 0 radical (unpaired) electrons. The van der Waals surface area contributed by atoms with Gasteiger partial charge in [0.05, 0.1) is 17.8 Å². The fraction of sp³-hybridized carbons (Fsp3) is 0.143. The first-order valence-electron chi connectivity index (χ1n) is 9.30. The molecule has 2 heterocycles. The number of benzene rings is 2. The maximum atomic E-state index is 12.6. The highest BCUT2D eigenvalue weighted by Crippen LogP contribution is 2.33. The smallest absolute Gasteiger partial charge is 0.255 e. The third kappa shape index (κ3) is 4.87. The quantitative estimate of drug-likeness (QED) is 0.567. The monoisotopic (exact) mass is 421 g/mol. The summed E-state index contributed by atoms with van der Waals surface area (Å²) in [5.74, 6) is -0.129. The molecule has 0 bridgehead atoms. The van der Waals surface area contributed by atoms with E-state index in [1.165, 1.54) is 11.8 Å². The Labute approximate surface area is 177 Å². The lowest BCUT2D eigenvalue weighted by atomic mass is 10.1. The summed E-state index contributed by atoms with van der Waals surface area (Å²) in [6.45, 7) is 0.527. The molecule has 0 fully saturated rings. The maximum absolute atomic E-state index is 12.6. The number of aryl methyl sites for hydroxylation is 1. The number of hydrogen-bond donors (Lipinski definition) is 3. The average molecular weight is 421 g/mol. The second kappa shape index (κ2) is 8.83. The van der Waals surface area contributed by atoms with Gasteiger partial charge in [-0.2, -0.15) is 0 Å². The number of hydrogen-bond acceptors (Lipinski definition) is 5. The Morgan fingerprint density at radius 3 is 2.83 bits per heavy atom. The Morgan fingerprint density at radius 1 is 1.13 bits per heavy atom. The van der Waals surface area contributed by atoms with Crippen LogP contribution in [-0.2, 0) is 16.1 Å². The number of amides is 3. The molecule has 0 saturated carbocycles. The van der Waals surface area contributed by atoms with Gasteiger partial charge in [-0.15, -0.1) is 11.8 Å². The predicted octanol–water partition coefficient (Wildman–Crippen LogP) is 3.21. The first-order valence-corrected chi connectivity index (χ1v) is 10.3. The Balaban J connectivity index is 1.38. The number of aromatic nitrogens is 2. The molecule has 152 valence electrons. The van der Waals surface area contributed by atoms with Gasteiger partial charge in [-0.1, -0.05) is 6.07 Å². The Morgan fingerprint density at radius 2 is 2.00 bits per heavy atom. The molecule has 0 aliphatic carbocycles. The molecule has 0 spiro atoms. The van der Waals surface area contributed by atoms with Gasteiger partial charge in [0.2, 0.25) is 11.8 Å². The summed E-state index contributed by atoms with van der Waals surface area (Å²) < 4.78 is 1.82. The number of imidazole rings is 1. The van der Waals surface area contributed by atoms with Crippen LogP contribution in [-0.4, -0.2) is 33.0 Å². The standard InChI is InChI=1S/C21H19N5O3S/c27-19(6-8-26-9-7-22-13-26)23-15-3-1-2-14(10-15)21(29)24-16-4-5-18-17(11-16)25-20(28)12-30-18/h1-5,7,9-11,13H,6,8,12H2,(H,23,27)(H,24,29)(H,25,28). The first kappa shape index (κ1) is 19.7. The van der Waals surface area contributed by atoms with Crippen LogP contribution in [0.5, 0.6) is 0 Å². The van der Waals surface area contributed by atoms with Gasteiger partial charge in [0.15, 0.2) is 0 Å². The lowest BCUT2D eigenvalue weighted by Gasteiger charge is -2.17. The highest BCUT2D eigenvalue weighted by molar-refractivity contribution is 8.00. The largest absolute Gasteiger partial charge is 0.337 e. The van der Waals surface area contributed by atoms with Crippen LogP contribution in [0.25, 0.3) is 0 Å². The Bertz CT molecular complexity index is 1100. The molecule has 0 saturated heterocycles. The summed E-state index contributed by atoms with van der Waals surface area (Å²) in [6, 6.07) is 12.1. The van der Waals surface area contributed by atoms with Crippen LogP contribution in [0, 0.1) is 0 Å². The highest BCUT2D eigenvalue weighted by Gasteiger charge is 2.16. The van der Waals surface area contributed by atoms with Crippen molar-refractivity contribution in [2.24, 2.45) is 0 Å². The SMILES string of the molecule is O=C(CCn1ccnc1)Nc1cccc(C(=O)Nc2ccc3c(c2)NC(=O)CS3)c1. The van der Waals surface area contributed by atoms with Gasteiger partial charge >= 0.3 is 0 Å². The van der Waals surface area contributed by atoms with Gasteiger partial charge in [0.1, 0.15) is 0 Å². The number of rotatable bonds is 6. The Hall–Kier alpha value is -3.59. The van der Waals surface area contributed by atoms with E-state index in [1.807, 2.05) is 10.6 Å². The number of nitrogens with one attached hydrogen (secondary N) is 3. The molecular formula is C21H19N5O3S. The average Bonchev–Trinajstić information content (AvgIpc) is 3.26. The molecule has 1 aliphatic heterocycles. The van der Waals surface area contributed by atoms with E-state index in [9.17, 15) is 14.4 Å². The lowest BCUT2D eigenvalue weighted by Crippen LogP contribution is -2.19. The van der Waals surface area contributed by atoms with Crippen molar-refractivity contribution in [3.8, 4) is 0 Å². The summed E-state index contributed by atoms with van der Waals surface area (Å²) in [5, 5.41) is 8.43. The van der Waals surface area contributed by atoms with Crippen molar-refractivity contribution in [2.45, 2.75) is 17.9 Å². The van der Waals surface area contributed by atoms with E-state index >= 15 is 0 Å². The molecule has 9 heteroatoms. The van der Waals surface area contributed by atoms with Crippen molar-refractivity contribution < 1.29 is 14.4 Å². The van der Waals surface area contributed by atoms with Gasteiger partial charge in [0, 0.05) is 47.2 Å². The second-order valence-electron chi connectivity index (χ2n) is 6.68. The molecular weight excluding hydrogens is 402 g/mol. The summed E-state index contributed by atoms with van der Waals surface area (Å²) >= 11 is 1.46. The zero-order valence-electron chi connectivity index (χ0n) is 15.9. The molecule has 3 N–H and O–H groups in total. The minimum absolute atomic E-state index is 0.0625. The maximum Gasteiger partial charge on any atom is 0.255 e. The number of fused-ring (bicyclic) bond motifs is 1. The summed E-state index contributed by atoms with van der Waals surface area (Å²) in [5.41, 5.74) is 2.23. The van der Waals surface area contributed by atoms with E-state index in [2.05, 4.69) is 20.9 Å². The van der Waals surface area contributed by atoms with Crippen LogP contribution in [0.1, 0.15) is 16.8 Å². The molecule has 3 aromatic rings. The van der Waals surface area contributed by atoms with E-state index in [1.54, 1.807) is 55.1 Å². The fourth-order valence-corrected chi connectivity index (χ4v) is 3.76.